The molecule has 0 fully saturated rings. The molecule has 1 N–H and O–H groups in total. The second-order valence-electron chi connectivity index (χ2n) is 5.72. The van der Waals surface area contributed by atoms with Gasteiger partial charge >= 0.3 is 6.18 Å². The molecule has 0 saturated carbocycles. The van der Waals surface area contributed by atoms with E-state index in [1.54, 1.807) is 12.1 Å². The van der Waals surface area contributed by atoms with Crippen LogP contribution in [0, 0.1) is 0 Å². The average Bonchev–Trinajstić information content (AvgIpc) is 2.59. The highest BCUT2D eigenvalue weighted by atomic mass is 19.4. The number of methoxy groups -OCH3 is 2. The van der Waals surface area contributed by atoms with Gasteiger partial charge in [0.2, 0.25) is 5.91 Å². The summed E-state index contributed by atoms with van der Waals surface area (Å²) in [4.78, 5) is 12.0. The monoisotopic (exact) mass is 351 g/mol. The Labute approximate surface area is 142 Å². The maximum absolute atomic E-state index is 12.8. The Balaban J connectivity index is 2.05. The summed E-state index contributed by atoms with van der Waals surface area (Å²) in [5, 5.41) is 2.77. The lowest BCUT2D eigenvalue weighted by Gasteiger charge is -2.27. The van der Waals surface area contributed by atoms with Crippen LogP contribution in [0.3, 0.4) is 0 Å². The van der Waals surface area contributed by atoms with Crippen molar-refractivity contribution in [2.24, 2.45) is 0 Å². The van der Waals surface area contributed by atoms with E-state index >= 15 is 0 Å². The average molecular weight is 351 g/mol. The lowest BCUT2D eigenvalue weighted by molar-refractivity contribution is -0.137. The molecule has 0 bridgehead atoms. The first kappa shape index (κ1) is 17.1. The molecule has 0 aliphatic carbocycles. The molecule has 1 atom stereocenters. The Morgan fingerprint density at radius 2 is 1.64 bits per heavy atom. The Morgan fingerprint density at radius 1 is 1.04 bits per heavy atom. The number of hydrogen-bond acceptors (Lipinski definition) is 3. The number of alkyl halides is 3. The summed E-state index contributed by atoms with van der Waals surface area (Å²) in [7, 11) is 2.99. The molecule has 1 aliphatic heterocycles. The molecule has 1 heterocycles. The van der Waals surface area contributed by atoms with E-state index in [0.717, 1.165) is 17.7 Å². The molecule has 2 aromatic rings. The number of halogens is 3. The van der Waals surface area contributed by atoms with Crippen LogP contribution in [0.25, 0.3) is 0 Å². The Morgan fingerprint density at radius 3 is 2.20 bits per heavy atom. The number of rotatable bonds is 3. The normalized spacial score (nSPS) is 16.8. The minimum absolute atomic E-state index is 0.147. The van der Waals surface area contributed by atoms with Gasteiger partial charge in [-0.15, -0.1) is 0 Å². The molecule has 0 unspecified atom stereocenters. The van der Waals surface area contributed by atoms with Crippen molar-refractivity contribution in [2.45, 2.75) is 18.5 Å². The minimum Gasteiger partial charge on any atom is -0.493 e. The van der Waals surface area contributed by atoms with Crippen LogP contribution in [0.5, 0.6) is 11.5 Å². The molecule has 2 aromatic carbocycles. The van der Waals surface area contributed by atoms with Crippen LogP contribution < -0.4 is 14.8 Å². The lowest BCUT2D eigenvalue weighted by Crippen LogP contribution is -2.23. The fraction of sp³-hybridized carbons (Fsp3) is 0.278. The summed E-state index contributed by atoms with van der Waals surface area (Å²) < 4.78 is 48.8. The highest BCUT2D eigenvalue weighted by Gasteiger charge is 2.32. The van der Waals surface area contributed by atoms with Gasteiger partial charge in [-0.2, -0.15) is 13.2 Å². The Hall–Kier alpha value is -2.70. The quantitative estimate of drug-likeness (QED) is 0.902. The maximum Gasteiger partial charge on any atom is 0.416 e. The zero-order valence-electron chi connectivity index (χ0n) is 13.6. The van der Waals surface area contributed by atoms with Crippen LogP contribution in [0.15, 0.2) is 36.4 Å². The van der Waals surface area contributed by atoms with Crippen molar-refractivity contribution in [1.29, 1.82) is 0 Å². The van der Waals surface area contributed by atoms with Gasteiger partial charge in [0.1, 0.15) is 0 Å². The third-order valence-electron chi connectivity index (χ3n) is 4.24. The highest BCUT2D eigenvalue weighted by molar-refractivity contribution is 5.96. The number of carbonyl (C=O) groups is 1. The highest BCUT2D eigenvalue weighted by Crippen LogP contribution is 2.43. The van der Waals surface area contributed by atoms with E-state index in [9.17, 15) is 18.0 Å². The van der Waals surface area contributed by atoms with Gasteiger partial charge in [0, 0.05) is 24.1 Å². The van der Waals surface area contributed by atoms with Gasteiger partial charge in [-0.3, -0.25) is 4.79 Å². The number of nitrogens with one attached hydrogen (secondary N) is 1. The van der Waals surface area contributed by atoms with Crippen LogP contribution in [0.1, 0.15) is 29.0 Å². The molecule has 132 valence electrons. The third-order valence-corrected chi connectivity index (χ3v) is 4.24. The molecule has 4 nitrogen and oxygen atoms in total. The van der Waals surface area contributed by atoms with E-state index in [1.165, 1.54) is 26.4 Å². The largest absolute Gasteiger partial charge is 0.493 e. The molecular weight excluding hydrogens is 335 g/mol. The molecule has 0 saturated heterocycles. The van der Waals surface area contributed by atoms with Crippen LogP contribution in [0.2, 0.25) is 0 Å². The molecule has 0 aromatic heterocycles. The third kappa shape index (κ3) is 3.26. The van der Waals surface area contributed by atoms with Gasteiger partial charge in [-0.1, -0.05) is 12.1 Å². The number of hydrogen-bond donors (Lipinski definition) is 1. The van der Waals surface area contributed by atoms with E-state index < -0.39 is 11.7 Å². The Bertz CT molecular complexity index is 800. The summed E-state index contributed by atoms with van der Waals surface area (Å²) in [6, 6.07) is 8.28. The smallest absolute Gasteiger partial charge is 0.416 e. The molecule has 7 heteroatoms. The Kier molecular flexibility index (Phi) is 4.32. The number of amides is 1. The number of carbonyl (C=O) groups excluding carboxylic acids is 1. The second kappa shape index (κ2) is 6.31. The van der Waals surface area contributed by atoms with Gasteiger partial charge in [0.15, 0.2) is 11.5 Å². The van der Waals surface area contributed by atoms with E-state index in [0.29, 0.717) is 22.7 Å². The van der Waals surface area contributed by atoms with Crippen LogP contribution in [0.4, 0.5) is 18.9 Å². The van der Waals surface area contributed by atoms with Crippen LogP contribution in [-0.2, 0) is 11.0 Å². The van der Waals surface area contributed by atoms with Gasteiger partial charge in [0.25, 0.3) is 0 Å². The van der Waals surface area contributed by atoms with Gasteiger partial charge in [0.05, 0.1) is 19.8 Å². The number of fused-ring (bicyclic) bond motifs is 1. The molecule has 0 radical (unpaired) electrons. The van der Waals surface area contributed by atoms with Crippen molar-refractivity contribution in [3.63, 3.8) is 0 Å². The minimum atomic E-state index is -4.39. The van der Waals surface area contributed by atoms with Crippen LogP contribution >= 0.6 is 0 Å². The lowest BCUT2D eigenvalue weighted by atomic mass is 9.84. The number of benzene rings is 2. The molecule has 1 amide bonds. The number of anilines is 1. The second-order valence-corrected chi connectivity index (χ2v) is 5.72. The van der Waals surface area contributed by atoms with E-state index in [4.69, 9.17) is 9.47 Å². The van der Waals surface area contributed by atoms with Gasteiger partial charge in [-0.25, -0.2) is 0 Å². The molecule has 25 heavy (non-hydrogen) atoms. The van der Waals surface area contributed by atoms with Crippen molar-refractivity contribution >= 4 is 11.6 Å². The molecule has 1 aliphatic rings. The standard InChI is InChI=1S/C18H16F3NO3/c1-24-15-7-13-12(8-17(23)22-14(13)9-16(15)25-2)10-3-5-11(6-4-10)18(19,20)21/h3-7,9,12H,8H2,1-2H3,(H,22,23)/t12-/m0/s1. The van der Waals surface area contributed by atoms with Gasteiger partial charge in [-0.05, 0) is 29.3 Å². The predicted molar refractivity (Wildman–Crippen MR) is 86.1 cm³/mol. The van der Waals surface area contributed by atoms with E-state index in [-0.39, 0.29) is 18.2 Å². The van der Waals surface area contributed by atoms with Crippen molar-refractivity contribution < 1.29 is 27.4 Å². The summed E-state index contributed by atoms with van der Waals surface area (Å²) in [6.07, 6.45) is -4.25. The van der Waals surface area contributed by atoms with Gasteiger partial charge < -0.3 is 14.8 Å². The topological polar surface area (TPSA) is 47.6 Å². The summed E-state index contributed by atoms with van der Waals surface area (Å²) in [5.74, 6) is 0.402. The summed E-state index contributed by atoms with van der Waals surface area (Å²) in [5.41, 5.74) is 1.26. The maximum atomic E-state index is 12.8. The SMILES string of the molecule is COc1cc2c(cc1OC)[C@H](c1ccc(C(F)(F)F)cc1)CC(=O)N2. The fourth-order valence-electron chi connectivity index (χ4n) is 2.99. The summed E-state index contributed by atoms with van der Waals surface area (Å²) >= 11 is 0. The van der Waals surface area contributed by atoms with Crippen molar-refractivity contribution in [3.05, 3.63) is 53.1 Å². The van der Waals surface area contributed by atoms with Crippen LogP contribution in [-0.4, -0.2) is 20.1 Å². The first-order valence-electron chi connectivity index (χ1n) is 7.56. The zero-order valence-corrected chi connectivity index (χ0v) is 13.6. The molecule has 0 spiro atoms. The van der Waals surface area contributed by atoms with Crippen molar-refractivity contribution in [1.82, 2.24) is 0 Å². The van der Waals surface area contributed by atoms with Crippen molar-refractivity contribution in [2.75, 3.05) is 19.5 Å². The first-order valence-corrected chi connectivity index (χ1v) is 7.56. The van der Waals surface area contributed by atoms with E-state index in [1.807, 2.05) is 0 Å². The fourth-order valence-corrected chi connectivity index (χ4v) is 2.99. The molecule has 3 rings (SSSR count). The first-order chi connectivity index (χ1) is 11.8. The number of ether oxygens (including phenoxy) is 2. The molecular formula is C18H16F3NO3. The van der Waals surface area contributed by atoms with Crippen molar-refractivity contribution in [3.8, 4) is 11.5 Å². The predicted octanol–water partition coefficient (Wildman–Crippen LogP) is 4.20. The zero-order chi connectivity index (χ0) is 18.2. The summed E-state index contributed by atoms with van der Waals surface area (Å²) in [6.45, 7) is 0. The van der Waals surface area contributed by atoms with E-state index in [2.05, 4.69) is 5.32 Å².